The third-order valence-electron chi connectivity index (χ3n) is 4.10. The molecular weight excluding hydrogens is 349 g/mol. The first kappa shape index (κ1) is 17.5. The summed E-state index contributed by atoms with van der Waals surface area (Å²) in [6.07, 6.45) is 4.63. The molecule has 0 bridgehead atoms. The van der Waals surface area contributed by atoms with E-state index >= 15 is 0 Å². The van der Waals surface area contributed by atoms with E-state index in [0.717, 1.165) is 12.1 Å². The lowest BCUT2D eigenvalue weighted by Crippen LogP contribution is -2.44. The summed E-state index contributed by atoms with van der Waals surface area (Å²) in [5.41, 5.74) is 0. The Hall–Kier alpha value is -2.33. The predicted octanol–water partition coefficient (Wildman–Crippen LogP) is 0.559. The molecule has 1 aliphatic rings. The van der Waals surface area contributed by atoms with Crippen molar-refractivity contribution in [1.82, 2.24) is 24.6 Å². The maximum Gasteiger partial charge on any atom is 0.241 e. The molecule has 0 radical (unpaired) electrons. The van der Waals surface area contributed by atoms with E-state index in [1.165, 1.54) is 12.1 Å². The van der Waals surface area contributed by atoms with Crippen LogP contribution in [-0.2, 0) is 14.8 Å². The average molecular weight is 367 g/mol. The molecule has 0 saturated carbocycles. The van der Waals surface area contributed by atoms with Crippen molar-refractivity contribution in [3.8, 4) is 0 Å². The molecule has 1 aromatic carbocycles. The maximum atomic E-state index is 13.2. The van der Waals surface area contributed by atoms with Crippen LogP contribution in [-0.4, -0.2) is 53.9 Å². The first-order valence-electron chi connectivity index (χ1n) is 7.84. The normalized spacial score (nSPS) is 16.1. The van der Waals surface area contributed by atoms with Crippen LogP contribution in [0.1, 0.15) is 18.9 Å². The van der Waals surface area contributed by atoms with E-state index in [1.807, 2.05) is 0 Å². The number of nitrogens with zero attached hydrogens (tertiary/aromatic N) is 4. The van der Waals surface area contributed by atoms with Gasteiger partial charge in [0.25, 0.3) is 0 Å². The van der Waals surface area contributed by atoms with Gasteiger partial charge in [-0.1, -0.05) is 6.07 Å². The second-order valence-corrected chi connectivity index (χ2v) is 7.51. The van der Waals surface area contributed by atoms with Gasteiger partial charge in [0.1, 0.15) is 5.82 Å². The van der Waals surface area contributed by atoms with Crippen molar-refractivity contribution < 1.29 is 17.6 Å². The van der Waals surface area contributed by atoms with E-state index in [9.17, 15) is 17.6 Å². The first-order chi connectivity index (χ1) is 12.0. The van der Waals surface area contributed by atoms with Crippen molar-refractivity contribution >= 4 is 15.9 Å². The number of sulfonamides is 1. The van der Waals surface area contributed by atoms with Gasteiger partial charge < -0.3 is 4.90 Å². The van der Waals surface area contributed by atoms with Gasteiger partial charge in [0.15, 0.2) is 0 Å². The average Bonchev–Trinajstić information content (AvgIpc) is 3.14. The molecule has 0 unspecified atom stereocenters. The number of hydrogen-bond acceptors (Lipinski definition) is 5. The Morgan fingerprint density at radius 1 is 1.24 bits per heavy atom. The van der Waals surface area contributed by atoms with Crippen LogP contribution >= 0.6 is 0 Å². The zero-order valence-corrected chi connectivity index (χ0v) is 14.2. The summed E-state index contributed by atoms with van der Waals surface area (Å²) < 4.78 is 39.6. The number of carbonyl (C=O) groups is 1. The molecule has 25 heavy (non-hydrogen) atoms. The summed E-state index contributed by atoms with van der Waals surface area (Å²) in [5.74, 6) is -0.963. The van der Waals surface area contributed by atoms with E-state index in [4.69, 9.17) is 0 Å². The van der Waals surface area contributed by atoms with Crippen LogP contribution in [0, 0.1) is 5.82 Å². The van der Waals surface area contributed by atoms with Gasteiger partial charge in [-0.25, -0.2) is 17.5 Å². The van der Waals surface area contributed by atoms with Gasteiger partial charge in [-0.15, -0.1) is 0 Å². The largest absolute Gasteiger partial charge is 0.341 e. The van der Waals surface area contributed by atoms with Gasteiger partial charge in [0.2, 0.25) is 15.9 Å². The van der Waals surface area contributed by atoms with Crippen molar-refractivity contribution in [2.24, 2.45) is 0 Å². The van der Waals surface area contributed by atoms with Crippen molar-refractivity contribution in [3.63, 3.8) is 0 Å². The van der Waals surface area contributed by atoms with Crippen LogP contribution in [0.3, 0.4) is 0 Å². The van der Waals surface area contributed by atoms with E-state index in [-0.39, 0.29) is 23.4 Å². The molecule has 0 spiro atoms. The molecular formula is C15H18FN5O3S. The molecule has 10 heteroatoms. The Bertz CT molecular complexity index is 833. The lowest BCUT2D eigenvalue weighted by molar-refractivity contribution is -0.131. The van der Waals surface area contributed by atoms with Crippen LogP contribution in [0.4, 0.5) is 4.39 Å². The fourth-order valence-corrected chi connectivity index (χ4v) is 3.75. The number of aromatic nitrogens is 3. The van der Waals surface area contributed by atoms with Crippen LogP contribution in [0.2, 0.25) is 0 Å². The predicted molar refractivity (Wildman–Crippen MR) is 86.5 cm³/mol. The number of nitrogens with one attached hydrogen (secondary N) is 1. The Labute approximate surface area is 144 Å². The molecule has 1 aromatic heterocycles. The number of benzene rings is 1. The van der Waals surface area contributed by atoms with E-state index < -0.39 is 15.8 Å². The van der Waals surface area contributed by atoms with Crippen LogP contribution in [0.5, 0.6) is 0 Å². The number of halogens is 1. The Morgan fingerprint density at radius 3 is 2.56 bits per heavy atom. The van der Waals surface area contributed by atoms with Gasteiger partial charge in [-0.3, -0.25) is 4.79 Å². The van der Waals surface area contributed by atoms with Crippen molar-refractivity contribution in [1.29, 1.82) is 0 Å². The second-order valence-electron chi connectivity index (χ2n) is 5.74. The molecule has 1 aliphatic heterocycles. The van der Waals surface area contributed by atoms with Gasteiger partial charge in [0.05, 0.1) is 29.9 Å². The molecule has 1 saturated heterocycles. The molecule has 2 aromatic rings. The number of amides is 1. The fourth-order valence-electron chi connectivity index (χ4n) is 2.75. The van der Waals surface area contributed by atoms with Crippen LogP contribution in [0.25, 0.3) is 0 Å². The third-order valence-corrected chi connectivity index (χ3v) is 5.50. The van der Waals surface area contributed by atoms with E-state index in [0.29, 0.717) is 25.9 Å². The SMILES string of the molecule is O=C(CNS(=O)(=O)c1cccc(F)c1)N1CCC(n2nccn2)CC1. The summed E-state index contributed by atoms with van der Waals surface area (Å²) in [5, 5.41) is 8.20. The second kappa shape index (κ2) is 7.28. The van der Waals surface area contributed by atoms with Crippen LogP contribution in [0.15, 0.2) is 41.6 Å². The summed E-state index contributed by atoms with van der Waals surface area (Å²) in [6, 6.07) is 4.79. The highest BCUT2D eigenvalue weighted by Crippen LogP contribution is 2.20. The van der Waals surface area contributed by atoms with Crippen LogP contribution < -0.4 is 4.72 Å². The smallest absolute Gasteiger partial charge is 0.241 e. The Kier molecular flexibility index (Phi) is 5.09. The minimum absolute atomic E-state index is 0.142. The molecule has 3 rings (SSSR count). The van der Waals surface area contributed by atoms with Gasteiger partial charge >= 0.3 is 0 Å². The molecule has 134 valence electrons. The zero-order valence-electron chi connectivity index (χ0n) is 13.4. The lowest BCUT2D eigenvalue weighted by atomic mass is 10.1. The Morgan fingerprint density at radius 2 is 1.92 bits per heavy atom. The first-order valence-corrected chi connectivity index (χ1v) is 9.33. The summed E-state index contributed by atoms with van der Waals surface area (Å²) in [4.78, 5) is 15.3. The summed E-state index contributed by atoms with van der Waals surface area (Å²) in [6.45, 7) is 0.656. The van der Waals surface area contributed by atoms with Gasteiger partial charge in [-0.2, -0.15) is 15.0 Å². The molecule has 1 amide bonds. The minimum atomic E-state index is -3.92. The molecule has 1 N–H and O–H groups in total. The van der Waals surface area contributed by atoms with E-state index in [2.05, 4.69) is 14.9 Å². The number of likely N-dealkylation sites (tertiary alicyclic amines) is 1. The fraction of sp³-hybridized carbons (Fsp3) is 0.400. The van der Waals surface area contributed by atoms with Gasteiger partial charge in [0, 0.05) is 13.1 Å². The minimum Gasteiger partial charge on any atom is -0.341 e. The highest BCUT2D eigenvalue weighted by atomic mass is 32.2. The monoisotopic (exact) mass is 367 g/mol. The van der Waals surface area contributed by atoms with Crippen molar-refractivity contribution in [2.75, 3.05) is 19.6 Å². The number of rotatable bonds is 5. The molecule has 8 nitrogen and oxygen atoms in total. The number of piperidine rings is 1. The maximum absolute atomic E-state index is 13.2. The standard InChI is InChI=1S/C15H18FN5O3S/c16-12-2-1-3-14(10-12)25(23,24)19-11-15(22)20-8-4-13(5-9-20)21-17-6-7-18-21/h1-3,6-7,10,13,19H,4-5,8-9,11H2. The third kappa shape index (κ3) is 4.20. The van der Waals surface area contributed by atoms with E-state index in [1.54, 1.807) is 22.1 Å². The molecule has 1 fully saturated rings. The number of carbonyl (C=O) groups excluding carboxylic acids is 1. The highest BCUT2D eigenvalue weighted by molar-refractivity contribution is 7.89. The quantitative estimate of drug-likeness (QED) is 0.833. The summed E-state index contributed by atoms with van der Waals surface area (Å²) >= 11 is 0. The molecule has 0 atom stereocenters. The van der Waals surface area contributed by atoms with Crippen molar-refractivity contribution in [2.45, 2.75) is 23.8 Å². The molecule has 2 heterocycles. The van der Waals surface area contributed by atoms with Crippen molar-refractivity contribution in [3.05, 3.63) is 42.5 Å². The summed E-state index contributed by atoms with van der Waals surface area (Å²) in [7, 11) is -3.92. The molecule has 0 aliphatic carbocycles. The topological polar surface area (TPSA) is 97.2 Å². The lowest BCUT2D eigenvalue weighted by Gasteiger charge is -2.31. The van der Waals surface area contributed by atoms with Gasteiger partial charge in [-0.05, 0) is 31.0 Å². The number of hydrogen-bond donors (Lipinski definition) is 1. The zero-order chi connectivity index (χ0) is 17.9. The highest BCUT2D eigenvalue weighted by Gasteiger charge is 2.25. The Balaban J connectivity index is 1.53.